The average molecular weight is 417 g/mol. The highest BCUT2D eigenvalue weighted by molar-refractivity contribution is 5.70. The summed E-state index contributed by atoms with van der Waals surface area (Å²) in [5.41, 5.74) is 0.370. The van der Waals surface area contributed by atoms with E-state index in [1.165, 1.54) is 4.57 Å². The lowest BCUT2D eigenvalue weighted by molar-refractivity contribution is -0.137. The van der Waals surface area contributed by atoms with Crippen LogP contribution in [0.3, 0.4) is 0 Å². The van der Waals surface area contributed by atoms with Crippen LogP contribution in [0.5, 0.6) is 0 Å². The van der Waals surface area contributed by atoms with Crippen molar-refractivity contribution < 1.29 is 9.90 Å². The Hall–Kier alpha value is -2.38. The van der Waals surface area contributed by atoms with Crippen molar-refractivity contribution in [3.05, 3.63) is 26.7 Å². The fourth-order valence-electron chi connectivity index (χ4n) is 5.86. The normalized spacial score (nSPS) is 25.8. The van der Waals surface area contributed by atoms with E-state index in [0.717, 1.165) is 50.8 Å². The Labute approximate surface area is 175 Å². The number of carboxylic acids is 1. The van der Waals surface area contributed by atoms with Crippen LogP contribution in [0.2, 0.25) is 0 Å². The minimum atomic E-state index is -0.717. The second kappa shape index (κ2) is 8.40. The summed E-state index contributed by atoms with van der Waals surface area (Å²) < 4.78 is 2.96. The zero-order chi connectivity index (χ0) is 21.4. The Morgan fingerprint density at radius 2 is 1.73 bits per heavy atom. The molecular formula is C22H32N4O4. The van der Waals surface area contributed by atoms with Crippen molar-refractivity contribution >= 4 is 17.1 Å². The van der Waals surface area contributed by atoms with Gasteiger partial charge in [0.25, 0.3) is 5.56 Å². The minimum Gasteiger partial charge on any atom is -0.481 e. The summed E-state index contributed by atoms with van der Waals surface area (Å²) in [6, 6.07) is 0. The van der Waals surface area contributed by atoms with Crippen LogP contribution in [-0.2, 0) is 17.9 Å². The molecule has 2 aliphatic carbocycles. The van der Waals surface area contributed by atoms with Crippen molar-refractivity contribution in [2.75, 3.05) is 0 Å². The Morgan fingerprint density at radius 3 is 2.33 bits per heavy atom. The monoisotopic (exact) mass is 416 g/mol. The third-order valence-electron chi connectivity index (χ3n) is 7.15. The maximum absolute atomic E-state index is 13.0. The molecule has 2 heterocycles. The van der Waals surface area contributed by atoms with Crippen LogP contribution >= 0.6 is 0 Å². The number of aromatic nitrogens is 4. The van der Waals surface area contributed by atoms with Gasteiger partial charge in [-0.1, -0.05) is 13.8 Å². The number of imidazole rings is 1. The van der Waals surface area contributed by atoms with Gasteiger partial charge in [0.1, 0.15) is 11.3 Å². The van der Waals surface area contributed by atoms with E-state index in [0.29, 0.717) is 42.0 Å². The van der Waals surface area contributed by atoms with Crippen molar-refractivity contribution in [2.45, 2.75) is 84.2 Å². The molecule has 0 aromatic carbocycles. The molecule has 30 heavy (non-hydrogen) atoms. The summed E-state index contributed by atoms with van der Waals surface area (Å²) in [5, 5.41) is 9.05. The van der Waals surface area contributed by atoms with E-state index in [1.54, 1.807) is 4.57 Å². The van der Waals surface area contributed by atoms with Crippen molar-refractivity contribution in [2.24, 2.45) is 17.8 Å². The Kier molecular flexibility index (Phi) is 5.84. The van der Waals surface area contributed by atoms with Crippen molar-refractivity contribution in [3.8, 4) is 0 Å². The fourth-order valence-corrected chi connectivity index (χ4v) is 5.86. The summed E-state index contributed by atoms with van der Waals surface area (Å²) in [4.78, 5) is 44.9. The van der Waals surface area contributed by atoms with E-state index >= 15 is 0 Å². The van der Waals surface area contributed by atoms with E-state index < -0.39 is 5.97 Å². The van der Waals surface area contributed by atoms with Gasteiger partial charge in [0.05, 0.1) is 0 Å². The molecule has 0 spiro atoms. The number of carbonyl (C=O) groups is 1. The number of nitrogens with one attached hydrogen (secondary N) is 1. The molecule has 2 aliphatic rings. The lowest BCUT2D eigenvalue weighted by Crippen LogP contribution is -2.40. The van der Waals surface area contributed by atoms with E-state index in [-0.39, 0.29) is 23.6 Å². The Balaban J connectivity index is 1.67. The number of rotatable bonds is 8. The van der Waals surface area contributed by atoms with E-state index in [2.05, 4.69) is 4.98 Å². The molecule has 2 atom stereocenters. The van der Waals surface area contributed by atoms with Gasteiger partial charge in [-0.3, -0.25) is 18.7 Å². The standard InChI is InChI=1S/C22H32N4O4/c1-3-9-25-20-18(21(29)26(10-4-2)22(25)30)23-19(24-20)15-11-13-5-6-14(12-15)16(13)7-8-17(27)28/h13-16H,3-12H2,1-2H3,(H,23,24)(H,27,28)/t13-,14-,15?,16?/m1/s1. The molecule has 4 rings (SSSR count). The summed E-state index contributed by atoms with van der Waals surface area (Å²) >= 11 is 0. The van der Waals surface area contributed by atoms with Crippen LogP contribution < -0.4 is 11.2 Å². The van der Waals surface area contributed by atoms with Gasteiger partial charge in [0, 0.05) is 25.4 Å². The molecule has 2 aromatic heterocycles. The smallest absolute Gasteiger partial charge is 0.332 e. The number of hydrogen-bond donors (Lipinski definition) is 2. The average Bonchev–Trinajstić information content (AvgIpc) is 3.25. The lowest BCUT2D eigenvalue weighted by atomic mass is 9.71. The second-order valence-corrected chi connectivity index (χ2v) is 9.07. The molecule has 0 aliphatic heterocycles. The highest BCUT2D eigenvalue weighted by Crippen LogP contribution is 2.53. The van der Waals surface area contributed by atoms with Gasteiger partial charge in [-0.15, -0.1) is 0 Å². The highest BCUT2D eigenvalue weighted by atomic mass is 16.4. The summed E-state index contributed by atoms with van der Waals surface area (Å²) in [7, 11) is 0. The first-order chi connectivity index (χ1) is 14.4. The van der Waals surface area contributed by atoms with Gasteiger partial charge >= 0.3 is 11.7 Å². The van der Waals surface area contributed by atoms with E-state index in [9.17, 15) is 14.4 Å². The van der Waals surface area contributed by atoms with Crippen molar-refractivity contribution in [1.29, 1.82) is 0 Å². The molecule has 8 nitrogen and oxygen atoms in total. The summed E-state index contributed by atoms with van der Waals surface area (Å²) in [5.74, 6) is 1.87. The molecular weight excluding hydrogens is 384 g/mol. The second-order valence-electron chi connectivity index (χ2n) is 9.07. The number of carboxylic acid groups (broad SMARTS) is 1. The van der Waals surface area contributed by atoms with Crippen LogP contribution in [0.1, 0.15) is 77.0 Å². The Bertz CT molecular complexity index is 1040. The predicted molar refractivity (Wildman–Crippen MR) is 114 cm³/mol. The van der Waals surface area contributed by atoms with Crippen LogP contribution in [-0.4, -0.2) is 30.2 Å². The van der Waals surface area contributed by atoms with Gasteiger partial charge in [-0.05, 0) is 62.7 Å². The quantitative estimate of drug-likeness (QED) is 0.687. The first kappa shape index (κ1) is 20.9. The molecule has 164 valence electrons. The van der Waals surface area contributed by atoms with Crippen LogP contribution in [0.4, 0.5) is 0 Å². The van der Waals surface area contributed by atoms with Gasteiger partial charge < -0.3 is 10.1 Å². The molecule has 0 amide bonds. The summed E-state index contributed by atoms with van der Waals surface area (Å²) in [6.07, 6.45) is 6.76. The molecule has 2 fully saturated rings. The van der Waals surface area contributed by atoms with Gasteiger partial charge in [-0.2, -0.15) is 0 Å². The Morgan fingerprint density at radius 1 is 1.10 bits per heavy atom. The number of nitrogens with zero attached hydrogens (tertiary/aromatic N) is 3. The minimum absolute atomic E-state index is 0.236. The van der Waals surface area contributed by atoms with Gasteiger partial charge in [-0.25, -0.2) is 9.78 Å². The SMILES string of the molecule is CCCn1c(=O)c2[nH]c(C3C[C@H]4CC[C@H](C3)C4CCC(=O)O)nc2n(CCC)c1=O. The molecule has 0 saturated heterocycles. The predicted octanol–water partition coefficient (Wildman–Crippen LogP) is 3.09. The fraction of sp³-hybridized carbons (Fsp3) is 0.727. The third-order valence-corrected chi connectivity index (χ3v) is 7.15. The van der Waals surface area contributed by atoms with Crippen LogP contribution in [0.25, 0.3) is 11.2 Å². The largest absolute Gasteiger partial charge is 0.481 e. The number of aryl methyl sites for hydroxylation is 1. The highest BCUT2D eigenvalue weighted by Gasteiger charge is 2.43. The van der Waals surface area contributed by atoms with Crippen LogP contribution in [0, 0.1) is 17.8 Å². The molecule has 0 radical (unpaired) electrons. The molecule has 8 heteroatoms. The number of aromatic amines is 1. The maximum Gasteiger partial charge on any atom is 0.332 e. The van der Waals surface area contributed by atoms with Crippen molar-refractivity contribution in [1.82, 2.24) is 19.1 Å². The van der Waals surface area contributed by atoms with Gasteiger partial charge in [0.15, 0.2) is 5.65 Å². The number of fused-ring (bicyclic) bond motifs is 3. The first-order valence-electron chi connectivity index (χ1n) is 11.4. The molecule has 2 bridgehead atoms. The third kappa shape index (κ3) is 3.61. The van der Waals surface area contributed by atoms with Crippen molar-refractivity contribution in [3.63, 3.8) is 0 Å². The van der Waals surface area contributed by atoms with Crippen LogP contribution in [0.15, 0.2) is 9.59 Å². The lowest BCUT2D eigenvalue weighted by Gasteiger charge is -2.34. The van der Waals surface area contributed by atoms with E-state index in [4.69, 9.17) is 10.1 Å². The maximum atomic E-state index is 13.0. The molecule has 0 unspecified atom stereocenters. The first-order valence-corrected chi connectivity index (χ1v) is 11.4. The topological polar surface area (TPSA) is 110 Å². The summed E-state index contributed by atoms with van der Waals surface area (Å²) in [6.45, 7) is 4.91. The molecule has 2 N–H and O–H groups in total. The zero-order valence-electron chi connectivity index (χ0n) is 17.9. The number of aliphatic carboxylic acids is 1. The number of H-pyrrole nitrogens is 1. The number of hydrogen-bond acceptors (Lipinski definition) is 4. The molecule has 2 saturated carbocycles. The molecule has 2 aromatic rings. The zero-order valence-corrected chi connectivity index (χ0v) is 17.9. The van der Waals surface area contributed by atoms with E-state index in [1.807, 2.05) is 13.8 Å². The van der Waals surface area contributed by atoms with Gasteiger partial charge in [0.2, 0.25) is 0 Å².